The molecule has 2 amide bonds. The van der Waals surface area contributed by atoms with E-state index in [0.29, 0.717) is 17.3 Å². The number of carbonyl (C=O) groups excluding carboxylic acids is 1. The number of hydrogen-bond acceptors (Lipinski definition) is 1. The minimum atomic E-state index is -0.139. The van der Waals surface area contributed by atoms with Crippen molar-refractivity contribution >= 4 is 23.3 Å². The van der Waals surface area contributed by atoms with E-state index in [1.807, 2.05) is 55.1 Å². The van der Waals surface area contributed by atoms with Crippen LogP contribution in [-0.4, -0.2) is 21.5 Å². The summed E-state index contributed by atoms with van der Waals surface area (Å²) in [6.07, 6.45) is 2.05. The summed E-state index contributed by atoms with van der Waals surface area (Å²) in [6, 6.07) is 21.5. The van der Waals surface area contributed by atoms with Gasteiger partial charge in [0.1, 0.15) is 0 Å². The fourth-order valence-electron chi connectivity index (χ4n) is 2.95. The van der Waals surface area contributed by atoms with Crippen molar-refractivity contribution < 1.29 is 4.79 Å². The van der Waals surface area contributed by atoms with Crippen LogP contribution in [0.4, 0.5) is 10.5 Å². The van der Waals surface area contributed by atoms with E-state index in [0.717, 1.165) is 12.2 Å². The fraction of sp³-hybridized carbons (Fsp3) is 0.227. The van der Waals surface area contributed by atoms with Crippen molar-refractivity contribution in [1.29, 1.82) is 0 Å². The Morgan fingerprint density at radius 3 is 2.56 bits per heavy atom. The quantitative estimate of drug-likeness (QED) is 0.590. The van der Waals surface area contributed by atoms with Gasteiger partial charge in [-0.15, -0.1) is 0 Å². The third kappa shape index (κ3) is 5.14. The first-order chi connectivity index (χ1) is 13.0. The Balaban J connectivity index is 1.73. The lowest BCUT2D eigenvalue weighted by Crippen LogP contribution is -2.40. The molecule has 0 spiro atoms. The second-order valence-corrected chi connectivity index (χ2v) is 7.21. The standard InChI is InChI=1S/C22H24ClN3O/c1-17(2)26(22(27)24-20-11-6-10-19(23)14-20)16-21-12-7-13-25(21)15-18-8-4-3-5-9-18/h3-14,17H,15-16H2,1-2H3,(H,24,27). The predicted octanol–water partition coefficient (Wildman–Crippen LogP) is 5.63. The molecule has 0 atom stereocenters. The molecule has 2 aromatic carbocycles. The first kappa shape index (κ1) is 19.1. The lowest BCUT2D eigenvalue weighted by Gasteiger charge is -2.27. The van der Waals surface area contributed by atoms with E-state index < -0.39 is 0 Å². The maximum Gasteiger partial charge on any atom is 0.322 e. The Hall–Kier alpha value is -2.72. The van der Waals surface area contributed by atoms with Crippen LogP contribution in [0.2, 0.25) is 5.02 Å². The largest absolute Gasteiger partial charge is 0.345 e. The van der Waals surface area contributed by atoms with Crippen molar-refractivity contribution in [1.82, 2.24) is 9.47 Å². The molecule has 0 aliphatic heterocycles. The molecule has 0 bridgehead atoms. The van der Waals surface area contributed by atoms with E-state index in [9.17, 15) is 4.79 Å². The summed E-state index contributed by atoms with van der Waals surface area (Å²) >= 11 is 6.02. The lowest BCUT2D eigenvalue weighted by molar-refractivity contribution is 0.192. The summed E-state index contributed by atoms with van der Waals surface area (Å²) < 4.78 is 2.18. The molecule has 1 N–H and O–H groups in total. The molecule has 0 radical (unpaired) electrons. The SMILES string of the molecule is CC(C)N(Cc1cccn1Cc1ccccc1)C(=O)Nc1cccc(Cl)c1. The van der Waals surface area contributed by atoms with Crippen LogP contribution in [0.3, 0.4) is 0 Å². The zero-order chi connectivity index (χ0) is 19.2. The highest BCUT2D eigenvalue weighted by atomic mass is 35.5. The molecule has 1 heterocycles. The second kappa shape index (κ2) is 8.78. The molecule has 1 aromatic heterocycles. The van der Waals surface area contributed by atoms with Crippen molar-refractivity contribution in [3.05, 3.63) is 89.2 Å². The zero-order valence-corrected chi connectivity index (χ0v) is 16.4. The van der Waals surface area contributed by atoms with Crippen LogP contribution >= 0.6 is 11.6 Å². The van der Waals surface area contributed by atoms with Crippen LogP contribution in [0.15, 0.2) is 72.9 Å². The van der Waals surface area contributed by atoms with Gasteiger partial charge in [-0.3, -0.25) is 0 Å². The van der Waals surface area contributed by atoms with Crippen LogP contribution in [-0.2, 0) is 13.1 Å². The Kier molecular flexibility index (Phi) is 6.20. The maximum atomic E-state index is 12.8. The van der Waals surface area contributed by atoms with Crippen LogP contribution < -0.4 is 5.32 Å². The number of amides is 2. The van der Waals surface area contributed by atoms with Crippen molar-refractivity contribution in [3.8, 4) is 0 Å². The molecule has 0 saturated heterocycles. The van der Waals surface area contributed by atoms with Gasteiger partial charge in [-0.1, -0.05) is 48.0 Å². The number of nitrogens with zero attached hydrogens (tertiary/aromatic N) is 2. The minimum absolute atomic E-state index is 0.0595. The molecular formula is C22H24ClN3O. The third-order valence-electron chi connectivity index (χ3n) is 4.41. The summed E-state index contributed by atoms with van der Waals surface area (Å²) in [5.74, 6) is 0. The van der Waals surface area contributed by atoms with Gasteiger partial charge >= 0.3 is 6.03 Å². The molecule has 0 unspecified atom stereocenters. The highest BCUT2D eigenvalue weighted by Crippen LogP contribution is 2.17. The molecule has 0 aliphatic carbocycles. The topological polar surface area (TPSA) is 37.3 Å². The molecule has 0 aliphatic rings. The third-order valence-corrected chi connectivity index (χ3v) is 4.65. The smallest absolute Gasteiger partial charge is 0.322 e. The average Bonchev–Trinajstić information content (AvgIpc) is 3.07. The van der Waals surface area contributed by atoms with Crippen molar-refractivity contribution in [2.75, 3.05) is 5.32 Å². The van der Waals surface area contributed by atoms with Gasteiger partial charge in [0.05, 0.1) is 6.54 Å². The number of nitrogens with one attached hydrogen (secondary N) is 1. The molecule has 4 nitrogen and oxygen atoms in total. The molecule has 3 rings (SSSR count). The summed E-state index contributed by atoms with van der Waals surface area (Å²) in [6.45, 7) is 5.35. The molecular weight excluding hydrogens is 358 g/mol. The van der Waals surface area contributed by atoms with Crippen molar-refractivity contribution in [2.24, 2.45) is 0 Å². The summed E-state index contributed by atoms with van der Waals surface area (Å²) in [5.41, 5.74) is 3.01. The van der Waals surface area contributed by atoms with E-state index in [-0.39, 0.29) is 12.1 Å². The van der Waals surface area contributed by atoms with Gasteiger partial charge in [0, 0.05) is 35.2 Å². The van der Waals surface area contributed by atoms with Gasteiger partial charge in [-0.2, -0.15) is 0 Å². The Morgan fingerprint density at radius 1 is 1.07 bits per heavy atom. The first-order valence-corrected chi connectivity index (χ1v) is 9.42. The summed E-state index contributed by atoms with van der Waals surface area (Å²) in [5, 5.41) is 3.54. The normalized spacial score (nSPS) is 10.8. The molecule has 27 heavy (non-hydrogen) atoms. The number of aromatic nitrogens is 1. The van der Waals surface area contributed by atoms with Crippen LogP contribution in [0.25, 0.3) is 0 Å². The van der Waals surface area contributed by atoms with E-state index in [1.165, 1.54) is 5.56 Å². The number of rotatable bonds is 6. The van der Waals surface area contributed by atoms with Gasteiger partial charge in [0.15, 0.2) is 0 Å². The number of hydrogen-bond donors (Lipinski definition) is 1. The number of halogens is 1. The lowest BCUT2D eigenvalue weighted by atomic mass is 10.2. The van der Waals surface area contributed by atoms with Crippen LogP contribution in [0, 0.1) is 0 Å². The minimum Gasteiger partial charge on any atom is -0.345 e. The number of anilines is 1. The average molecular weight is 382 g/mol. The monoisotopic (exact) mass is 381 g/mol. The highest BCUT2D eigenvalue weighted by molar-refractivity contribution is 6.30. The van der Waals surface area contributed by atoms with Gasteiger partial charge in [-0.25, -0.2) is 4.79 Å². The van der Waals surface area contributed by atoms with E-state index in [4.69, 9.17) is 11.6 Å². The van der Waals surface area contributed by atoms with E-state index in [2.05, 4.69) is 34.3 Å². The van der Waals surface area contributed by atoms with E-state index in [1.54, 1.807) is 12.1 Å². The zero-order valence-electron chi connectivity index (χ0n) is 15.6. The predicted molar refractivity (Wildman–Crippen MR) is 111 cm³/mol. The highest BCUT2D eigenvalue weighted by Gasteiger charge is 2.19. The van der Waals surface area contributed by atoms with Crippen LogP contribution in [0.5, 0.6) is 0 Å². The molecule has 0 saturated carbocycles. The summed E-state index contributed by atoms with van der Waals surface area (Å²) in [4.78, 5) is 14.6. The summed E-state index contributed by atoms with van der Waals surface area (Å²) in [7, 11) is 0. The molecule has 3 aromatic rings. The Bertz CT molecular complexity index is 889. The fourth-order valence-corrected chi connectivity index (χ4v) is 3.14. The Labute approximate surface area is 165 Å². The number of carbonyl (C=O) groups is 1. The van der Waals surface area contributed by atoms with Gasteiger partial charge < -0.3 is 14.8 Å². The molecule has 5 heteroatoms. The van der Waals surface area contributed by atoms with Gasteiger partial charge in [0.25, 0.3) is 0 Å². The van der Waals surface area contributed by atoms with Gasteiger partial charge in [0.2, 0.25) is 0 Å². The molecule has 140 valence electrons. The Morgan fingerprint density at radius 2 is 1.85 bits per heavy atom. The number of benzene rings is 2. The number of urea groups is 1. The van der Waals surface area contributed by atoms with Crippen molar-refractivity contribution in [3.63, 3.8) is 0 Å². The maximum absolute atomic E-state index is 12.8. The van der Waals surface area contributed by atoms with E-state index >= 15 is 0 Å². The van der Waals surface area contributed by atoms with Gasteiger partial charge in [-0.05, 0) is 49.7 Å². The first-order valence-electron chi connectivity index (χ1n) is 9.04. The van der Waals surface area contributed by atoms with Crippen molar-refractivity contribution in [2.45, 2.75) is 33.0 Å². The second-order valence-electron chi connectivity index (χ2n) is 6.78. The van der Waals surface area contributed by atoms with Crippen LogP contribution in [0.1, 0.15) is 25.1 Å². The molecule has 0 fully saturated rings.